The molecule has 0 aromatic heterocycles. The first kappa shape index (κ1) is 15.3. The number of amides is 1. The molecule has 1 aliphatic rings. The van der Waals surface area contributed by atoms with Gasteiger partial charge >= 0.3 is 6.18 Å². The van der Waals surface area contributed by atoms with E-state index in [4.69, 9.17) is 0 Å². The lowest BCUT2D eigenvalue weighted by molar-refractivity contribution is -0.184. The second-order valence-electron chi connectivity index (χ2n) is 5.81. The summed E-state index contributed by atoms with van der Waals surface area (Å²) in [6.07, 6.45) is -3.94. The zero-order valence-corrected chi connectivity index (χ0v) is 11.0. The molecule has 2 N–H and O–H groups in total. The van der Waals surface area contributed by atoms with Crippen LogP contribution in [0.15, 0.2) is 0 Å². The Balaban J connectivity index is 2.78. The predicted molar refractivity (Wildman–Crippen MR) is 63.0 cm³/mol. The molecule has 1 rings (SSSR count). The van der Waals surface area contributed by atoms with Crippen molar-refractivity contribution >= 4 is 5.91 Å². The van der Waals surface area contributed by atoms with Crippen molar-refractivity contribution in [1.29, 1.82) is 0 Å². The van der Waals surface area contributed by atoms with Crippen LogP contribution in [0.2, 0.25) is 0 Å². The lowest BCUT2D eigenvalue weighted by Crippen LogP contribution is -2.49. The molecule has 1 fully saturated rings. The number of halogens is 3. The van der Waals surface area contributed by atoms with Gasteiger partial charge in [0.25, 0.3) is 0 Å². The van der Waals surface area contributed by atoms with E-state index in [-0.39, 0.29) is 12.3 Å². The summed E-state index contributed by atoms with van der Waals surface area (Å²) >= 11 is 0. The van der Waals surface area contributed by atoms with E-state index in [0.29, 0.717) is 19.5 Å². The molecule has 1 heterocycles. The van der Waals surface area contributed by atoms with E-state index in [9.17, 15) is 18.0 Å². The van der Waals surface area contributed by atoms with Crippen molar-refractivity contribution in [2.45, 2.75) is 45.8 Å². The number of nitrogens with one attached hydrogen (secondary N) is 2. The van der Waals surface area contributed by atoms with Gasteiger partial charge in [-0.15, -0.1) is 0 Å². The van der Waals surface area contributed by atoms with E-state index < -0.39 is 23.6 Å². The molecule has 106 valence electrons. The summed E-state index contributed by atoms with van der Waals surface area (Å²) < 4.78 is 38.8. The topological polar surface area (TPSA) is 41.1 Å². The van der Waals surface area contributed by atoms with E-state index in [1.807, 2.05) is 0 Å². The van der Waals surface area contributed by atoms with Gasteiger partial charge in [-0.1, -0.05) is 20.8 Å². The number of hydrogen-bond donors (Lipinski definition) is 2. The number of alkyl halides is 3. The van der Waals surface area contributed by atoms with Crippen LogP contribution >= 0.6 is 0 Å². The predicted octanol–water partition coefficient (Wildman–Crippen LogP) is 2.08. The third-order valence-corrected chi connectivity index (χ3v) is 3.17. The Morgan fingerprint density at radius 1 is 1.17 bits per heavy atom. The van der Waals surface area contributed by atoms with Crippen molar-refractivity contribution in [2.75, 3.05) is 13.1 Å². The van der Waals surface area contributed by atoms with E-state index in [0.717, 1.165) is 0 Å². The largest absolute Gasteiger partial charge is 0.393 e. The molecule has 0 saturated carbocycles. The molecule has 1 aliphatic heterocycles. The Labute approximate surface area is 106 Å². The molecule has 18 heavy (non-hydrogen) atoms. The van der Waals surface area contributed by atoms with Gasteiger partial charge < -0.3 is 10.6 Å². The van der Waals surface area contributed by atoms with Gasteiger partial charge in [0.2, 0.25) is 5.91 Å². The van der Waals surface area contributed by atoms with Crippen molar-refractivity contribution < 1.29 is 18.0 Å². The molecule has 3 nitrogen and oxygen atoms in total. The summed E-state index contributed by atoms with van der Waals surface area (Å²) in [6, 6.07) is -0.827. The molecule has 0 bridgehead atoms. The summed E-state index contributed by atoms with van der Waals surface area (Å²) in [7, 11) is 0. The molecule has 2 unspecified atom stereocenters. The SMILES string of the molecule is CC(C)(C)C(=O)NC1CCNCCC1C(F)(F)F. The molecule has 1 saturated heterocycles. The van der Waals surface area contributed by atoms with E-state index in [1.54, 1.807) is 20.8 Å². The standard InChI is InChI=1S/C12H21F3N2O/c1-11(2,3)10(18)17-9-5-7-16-6-4-8(9)12(13,14)15/h8-9,16H,4-7H2,1-3H3,(H,17,18). The summed E-state index contributed by atoms with van der Waals surface area (Å²) in [5, 5.41) is 5.50. The lowest BCUT2D eigenvalue weighted by atomic mass is 9.90. The van der Waals surface area contributed by atoms with Crippen LogP contribution in [-0.2, 0) is 4.79 Å². The second-order valence-corrected chi connectivity index (χ2v) is 5.81. The maximum Gasteiger partial charge on any atom is 0.393 e. The van der Waals surface area contributed by atoms with Gasteiger partial charge in [-0.05, 0) is 25.9 Å². The van der Waals surface area contributed by atoms with Gasteiger partial charge in [0.1, 0.15) is 0 Å². The number of rotatable bonds is 1. The fourth-order valence-corrected chi connectivity index (χ4v) is 1.99. The maximum atomic E-state index is 12.9. The molecule has 0 aromatic carbocycles. The Morgan fingerprint density at radius 3 is 2.22 bits per heavy atom. The molecule has 0 radical (unpaired) electrons. The highest BCUT2D eigenvalue weighted by molar-refractivity contribution is 5.81. The Bertz CT molecular complexity index is 297. The smallest absolute Gasteiger partial charge is 0.352 e. The van der Waals surface area contributed by atoms with Crippen molar-refractivity contribution in [2.24, 2.45) is 11.3 Å². The minimum atomic E-state index is -4.26. The molecule has 0 spiro atoms. The number of carbonyl (C=O) groups is 1. The van der Waals surface area contributed by atoms with Gasteiger partial charge in [0.15, 0.2) is 0 Å². The van der Waals surface area contributed by atoms with Crippen LogP contribution in [0.25, 0.3) is 0 Å². The van der Waals surface area contributed by atoms with Crippen molar-refractivity contribution in [3.8, 4) is 0 Å². The molecule has 6 heteroatoms. The Kier molecular flexibility index (Phi) is 4.64. The van der Waals surface area contributed by atoms with Crippen LogP contribution in [-0.4, -0.2) is 31.2 Å². The van der Waals surface area contributed by atoms with Crippen LogP contribution in [0.1, 0.15) is 33.6 Å². The summed E-state index contributed by atoms with van der Waals surface area (Å²) in [5.41, 5.74) is -0.671. The fourth-order valence-electron chi connectivity index (χ4n) is 1.99. The van der Waals surface area contributed by atoms with Crippen LogP contribution in [0, 0.1) is 11.3 Å². The molecule has 0 aromatic rings. The highest BCUT2D eigenvalue weighted by Gasteiger charge is 2.45. The van der Waals surface area contributed by atoms with Gasteiger partial charge in [0.05, 0.1) is 5.92 Å². The van der Waals surface area contributed by atoms with E-state index in [1.165, 1.54) is 0 Å². The van der Waals surface area contributed by atoms with Gasteiger partial charge in [-0.25, -0.2) is 0 Å². The Hall–Kier alpha value is -0.780. The normalized spacial score (nSPS) is 26.6. The molecular weight excluding hydrogens is 245 g/mol. The van der Waals surface area contributed by atoms with E-state index >= 15 is 0 Å². The first-order valence-electron chi connectivity index (χ1n) is 6.21. The van der Waals surface area contributed by atoms with Crippen molar-refractivity contribution in [3.63, 3.8) is 0 Å². The first-order valence-corrected chi connectivity index (χ1v) is 6.21. The minimum Gasteiger partial charge on any atom is -0.352 e. The molecule has 0 aliphatic carbocycles. The third-order valence-electron chi connectivity index (χ3n) is 3.17. The van der Waals surface area contributed by atoms with Crippen LogP contribution in [0.5, 0.6) is 0 Å². The average molecular weight is 266 g/mol. The monoisotopic (exact) mass is 266 g/mol. The summed E-state index contributed by atoms with van der Waals surface area (Å²) in [4.78, 5) is 11.8. The van der Waals surface area contributed by atoms with E-state index in [2.05, 4.69) is 10.6 Å². The second kappa shape index (κ2) is 5.47. The third kappa shape index (κ3) is 4.15. The van der Waals surface area contributed by atoms with Crippen molar-refractivity contribution in [3.05, 3.63) is 0 Å². The van der Waals surface area contributed by atoms with Crippen molar-refractivity contribution in [1.82, 2.24) is 10.6 Å². The summed E-state index contributed by atoms with van der Waals surface area (Å²) in [5.74, 6) is -1.79. The van der Waals surface area contributed by atoms with Gasteiger partial charge in [-0.2, -0.15) is 13.2 Å². The maximum absolute atomic E-state index is 12.9. The van der Waals surface area contributed by atoms with Crippen LogP contribution in [0.4, 0.5) is 13.2 Å². The van der Waals surface area contributed by atoms with Gasteiger partial charge in [0, 0.05) is 11.5 Å². The van der Waals surface area contributed by atoms with Crippen LogP contribution in [0.3, 0.4) is 0 Å². The highest BCUT2D eigenvalue weighted by Crippen LogP contribution is 2.33. The first-order chi connectivity index (χ1) is 8.12. The van der Waals surface area contributed by atoms with Gasteiger partial charge in [-0.3, -0.25) is 4.79 Å². The summed E-state index contributed by atoms with van der Waals surface area (Å²) in [6.45, 7) is 5.92. The fraction of sp³-hybridized carbons (Fsp3) is 0.917. The molecule has 2 atom stereocenters. The lowest BCUT2D eigenvalue weighted by Gasteiger charge is -2.30. The number of hydrogen-bond acceptors (Lipinski definition) is 2. The zero-order valence-electron chi connectivity index (χ0n) is 11.0. The minimum absolute atomic E-state index is 0.0125. The van der Waals surface area contributed by atoms with Crippen LogP contribution < -0.4 is 10.6 Å². The quantitative estimate of drug-likeness (QED) is 0.763. The average Bonchev–Trinajstić information content (AvgIpc) is 2.40. The zero-order chi connectivity index (χ0) is 14.0. The highest BCUT2D eigenvalue weighted by atomic mass is 19.4. The molecule has 1 amide bonds. The molecular formula is C12H21F3N2O. The number of carbonyl (C=O) groups excluding carboxylic acids is 1. The Morgan fingerprint density at radius 2 is 1.72 bits per heavy atom.